The summed E-state index contributed by atoms with van der Waals surface area (Å²) < 4.78 is 22.2. The Kier molecular flexibility index (Phi) is 5.55. The minimum absolute atomic E-state index is 0.292. The van der Waals surface area contributed by atoms with Crippen LogP contribution in [0.3, 0.4) is 0 Å². The third-order valence-electron chi connectivity index (χ3n) is 5.62. The van der Waals surface area contributed by atoms with E-state index in [1.165, 1.54) is 11.9 Å². The number of hydrogen-bond acceptors (Lipinski definition) is 9. The molecule has 0 aliphatic carbocycles. The molecule has 2 N–H and O–H groups in total. The van der Waals surface area contributed by atoms with Crippen LogP contribution in [0.25, 0.3) is 0 Å². The van der Waals surface area contributed by atoms with Gasteiger partial charge in [0.15, 0.2) is 28.8 Å². The van der Waals surface area contributed by atoms with E-state index < -0.39 is 0 Å². The van der Waals surface area contributed by atoms with E-state index in [0.29, 0.717) is 35.7 Å². The maximum absolute atomic E-state index is 6.39. The molecule has 166 valence electrons. The highest BCUT2D eigenvalue weighted by Crippen LogP contribution is 2.36. The van der Waals surface area contributed by atoms with Gasteiger partial charge in [0.1, 0.15) is 12.0 Å². The average molecular weight is 435 g/mol. The van der Waals surface area contributed by atoms with E-state index >= 15 is 0 Å². The van der Waals surface area contributed by atoms with Gasteiger partial charge in [-0.15, -0.1) is 0 Å². The standard InChI is InChI=1S/C23H25N5O4/c1-29-17-4-2-3-5-19(17)32-23-21(24)22(25-14-26-23)28-10-8-27(9-11-28)13-16-6-7-18-20(12-16)31-15-30-18/h2-7,12,14H,8-11,13,15,24H2,1H3. The number of aromatic nitrogens is 2. The Balaban J connectivity index is 1.24. The quantitative estimate of drug-likeness (QED) is 0.627. The summed E-state index contributed by atoms with van der Waals surface area (Å²) in [5, 5.41) is 0. The number of nitrogen functional groups attached to an aromatic ring is 1. The van der Waals surface area contributed by atoms with Crippen molar-refractivity contribution in [1.82, 2.24) is 14.9 Å². The minimum Gasteiger partial charge on any atom is -0.493 e. The lowest BCUT2D eigenvalue weighted by Gasteiger charge is -2.35. The van der Waals surface area contributed by atoms with Crippen molar-refractivity contribution < 1.29 is 18.9 Å². The summed E-state index contributed by atoms with van der Waals surface area (Å²) >= 11 is 0. The van der Waals surface area contributed by atoms with Gasteiger partial charge in [0.25, 0.3) is 0 Å². The number of nitrogens with two attached hydrogens (primary N) is 1. The Bertz CT molecular complexity index is 1100. The Morgan fingerprint density at radius 2 is 1.75 bits per heavy atom. The van der Waals surface area contributed by atoms with Crippen molar-refractivity contribution in [3.05, 3.63) is 54.4 Å². The number of nitrogens with zero attached hydrogens (tertiary/aromatic N) is 4. The normalized spacial score (nSPS) is 15.6. The van der Waals surface area contributed by atoms with Crippen molar-refractivity contribution in [2.75, 3.05) is 50.7 Å². The van der Waals surface area contributed by atoms with E-state index in [1.807, 2.05) is 30.3 Å². The predicted molar refractivity (Wildman–Crippen MR) is 120 cm³/mol. The van der Waals surface area contributed by atoms with Crippen LogP contribution in [0.15, 0.2) is 48.8 Å². The van der Waals surface area contributed by atoms with Crippen LogP contribution in [0.5, 0.6) is 28.9 Å². The van der Waals surface area contributed by atoms with Gasteiger partial charge >= 0.3 is 0 Å². The first-order valence-corrected chi connectivity index (χ1v) is 10.5. The first kappa shape index (κ1) is 20.2. The van der Waals surface area contributed by atoms with Crippen molar-refractivity contribution in [2.24, 2.45) is 0 Å². The van der Waals surface area contributed by atoms with E-state index in [0.717, 1.165) is 44.2 Å². The van der Waals surface area contributed by atoms with Gasteiger partial charge < -0.3 is 29.6 Å². The average Bonchev–Trinajstić information content (AvgIpc) is 3.29. The van der Waals surface area contributed by atoms with Crippen LogP contribution in [0, 0.1) is 0 Å². The molecule has 32 heavy (non-hydrogen) atoms. The molecule has 3 aromatic rings. The monoisotopic (exact) mass is 435 g/mol. The zero-order valence-corrected chi connectivity index (χ0v) is 17.9. The van der Waals surface area contributed by atoms with Crippen LogP contribution in [0.1, 0.15) is 5.56 Å². The summed E-state index contributed by atoms with van der Waals surface area (Å²) in [5.74, 6) is 3.81. The molecule has 0 unspecified atom stereocenters. The molecule has 9 heteroatoms. The fraction of sp³-hybridized carbons (Fsp3) is 0.304. The van der Waals surface area contributed by atoms with Gasteiger partial charge in [0.2, 0.25) is 12.7 Å². The fourth-order valence-electron chi connectivity index (χ4n) is 3.93. The Labute approximate surface area is 186 Å². The molecule has 0 spiro atoms. The SMILES string of the molecule is COc1ccccc1Oc1ncnc(N2CCN(Cc3ccc4c(c3)OCO4)CC2)c1N. The smallest absolute Gasteiger partial charge is 0.248 e. The minimum atomic E-state index is 0.292. The van der Waals surface area contributed by atoms with E-state index in [4.69, 9.17) is 24.7 Å². The molecule has 0 bridgehead atoms. The molecule has 0 atom stereocenters. The van der Waals surface area contributed by atoms with E-state index in [1.54, 1.807) is 7.11 Å². The molecular weight excluding hydrogens is 410 g/mol. The molecule has 0 radical (unpaired) electrons. The number of ether oxygens (including phenoxy) is 4. The van der Waals surface area contributed by atoms with Crippen LogP contribution < -0.4 is 29.6 Å². The van der Waals surface area contributed by atoms with Crippen LogP contribution in [0.2, 0.25) is 0 Å². The summed E-state index contributed by atoms with van der Waals surface area (Å²) in [4.78, 5) is 13.2. The van der Waals surface area contributed by atoms with Crippen LogP contribution in [-0.2, 0) is 6.54 Å². The summed E-state index contributed by atoms with van der Waals surface area (Å²) in [6.45, 7) is 4.54. The number of hydrogen-bond donors (Lipinski definition) is 1. The van der Waals surface area contributed by atoms with Gasteiger partial charge in [0, 0.05) is 32.7 Å². The van der Waals surface area contributed by atoms with Gasteiger partial charge in [-0.3, -0.25) is 4.90 Å². The summed E-state index contributed by atoms with van der Waals surface area (Å²) in [6, 6.07) is 13.5. The Hall–Kier alpha value is -3.72. The molecule has 2 aliphatic rings. The lowest BCUT2D eigenvalue weighted by atomic mass is 10.1. The number of anilines is 2. The summed E-state index contributed by atoms with van der Waals surface area (Å²) in [5.41, 5.74) is 8.02. The Morgan fingerprint density at radius 3 is 2.56 bits per heavy atom. The molecule has 1 fully saturated rings. The van der Waals surface area contributed by atoms with E-state index in [-0.39, 0.29) is 0 Å². The number of para-hydroxylation sites is 2. The van der Waals surface area contributed by atoms with E-state index in [9.17, 15) is 0 Å². The number of methoxy groups -OCH3 is 1. The molecule has 0 amide bonds. The second-order valence-electron chi connectivity index (χ2n) is 7.62. The molecule has 5 rings (SSSR count). The highest BCUT2D eigenvalue weighted by atomic mass is 16.7. The highest BCUT2D eigenvalue weighted by Gasteiger charge is 2.23. The van der Waals surface area contributed by atoms with Crippen molar-refractivity contribution in [2.45, 2.75) is 6.54 Å². The van der Waals surface area contributed by atoms with Crippen LogP contribution in [-0.4, -0.2) is 54.9 Å². The van der Waals surface area contributed by atoms with Gasteiger partial charge in [-0.2, -0.15) is 4.98 Å². The molecule has 0 saturated carbocycles. The molecule has 9 nitrogen and oxygen atoms in total. The third kappa shape index (κ3) is 4.06. The second kappa shape index (κ2) is 8.80. The van der Waals surface area contributed by atoms with Gasteiger partial charge in [0.05, 0.1) is 7.11 Å². The summed E-state index contributed by atoms with van der Waals surface area (Å²) in [6.07, 6.45) is 1.48. The van der Waals surface area contributed by atoms with Gasteiger partial charge in [-0.25, -0.2) is 4.98 Å². The van der Waals surface area contributed by atoms with Crippen molar-refractivity contribution in [3.63, 3.8) is 0 Å². The Morgan fingerprint density at radius 1 is 0.969 bits per heavy atom. The first-order chi connectivity index (χ1) is 15.7. The molecule has 2 aliphatic heterocycles. The molecule has 2 aromatic carbocycles. The van der Waals surface area contributed by atoms with Crippen LogP contribution >= 0.6 is 0 Å². The topological polar surface area (TPSA) is 95.2 Å². The largest absolute Gasteiger partial charge is 0.493 e. The highest BCUT2D eigenvalue weighted by molar-refractivity contribution is 5.68. The predicted octanol–water partition coefficient (Wildman–Crippen LogP) is 2.91. The lowest BCUT2D eigenvalue weighted by Crippen LogP contribution is -2.46. The van der Waals surface area contributed by atoms with Crippen molar-refractivity contribution in [3.8, 4) is 28.9 Å². The number of piperazine rings is 1. The maximum atomic E-state index is 6.39. The van der Waals surface area contributed by atoms with Crippen molar-refractivity contribution in [1.29, 1.82) is 0 Å². The summed E-state index contributed by atoms with van der Waals surface area (Å²) in [7, 11) is 1.60. The number of fused-ring (bicyclic) bond motifs is 1. The zero-order valence-electron chi connectivity index (χ0n) is 17.9. The van der Waals surface area contributed by atoms with Gasteiger partial charge in [-0.1, -0.05) is 18.2 Å². The van der Waals surface area contributed by atoms with Crippen LogP contribution in [0.4, 0.5) is 11.5 Å². The van der Waals surface area contributed by atoms with E-state index in [2.05, 4.69) is 31.9 Å². The maximum Gasteiger partial charge on any atom is 0.248 e. The molecule has 3 heterocycles. The zero-order chi connectivity index (χ0) is 21.9. The molecule has 1 saturated heterocycles. The number of benzene rings is 2. The number of rotatable bonds is 6. The first-order valence-electron chi connectivity index (χ1n) is 10.5. The molecular formula is C23H25N5O4. The second-order valence-corrected chi connectivity index (χ2v) is 7.62. The molecule has 1 aromatic heterocycles. The lowest BCUT2D eigenvalue weighted by molar-refractivity contribution is 0.174. The fourth-order valence-corrected chi connectivity index (χ4v) is 3.93. The third-order valence-corrected chi connectivity index (χ3v) is 5.62. The van der Waals surface area contributed by atoms with Gasteiger partial charge in [-0.05, 0) is 29.8 Å². The van der Waals surface area contributed by atoms with Crippen molar-refractivity contribution >= 4 is 11.5 Å².